The van der Waals surface area contributed by atoms with Crippen LogP contribution in [0.1, 0.15) is 30.9 Å². The quantitative estimate of drug-likeness (QED) is 0.325. The first-order valence-electron chi connectivity index (χ1n) is 8.46. The zero-order valence-electron chi connectivity index (χ0n) is 15.4. The van der Waals surface area contributed by atoms with E-state index in [2.05, 4.69) is 5.16 Å². The largest absolute Gasteiger partial charge is 0.516 e. The van der Waals surface area contributed by atoms with Crippen LogP contribution >= 0.6 is 34.8 Å². The number of rotatable bonds is 8. The average Bonchev–Trinajstić information content (AvgIpc) is 2.64. The van der Waals surface area contributed by atoms with Gasteiger partial charge in [-0.15, -0.1) is 0 Å². The Kier molecular flexibility index (Phi) is 8.27. The van der Waals surface area contributed by atoms with E-state index >= 15 is 0 Å². The van der Waals surface area contributed by atoms with Crippen molar-refractivity contribution < 1.29 is 26.4 Å². The highest BCUT2D eigenvalue weighted by molar-refractivity contribution is 7.93. The first-order chi connectivity index (χ1) is 13.9. The summed E-state index contributed by atoms with van der Waals surface area (Å²) in [5.41, 5.74) is -4.84. The molecule has 0 amide bonds. The van der Waals surface area contributed by atoms with Crippen molar-refractivity contribution >= 4 is 56.2 Å². The van der Waals surface area contributed by atoms with E-state index in [0.29, 0.717) is 28.5 Å². The molecule has 0 saturated carbocycles. The standard InChI is InChI=1S/C18H16Cl3F3N2O3S/c1-2-3-16(25-29-10-11-4-6-14(20)15(21)8-11)13-9-12(19)5-7-17(13)26-30(27,28)18(22,23)24/h4-9,26H,2-3,10H2,1H3/b25-16+. The summed E-state index contributed by atoms with van der Waals surface area (Å²) in [7, 11) is -5.62. The van der Waals surface area contributed by atoms with Gasteiger partial charge in [0.05, 0.1) is 21.4 Å². The summed E-state index contributed by atoms with van der Waals surface area (Å²) < 4.78 is 62.9. The number of nitrogens with one attached hydrogen (secondary N) is 1. The highest BCUT2D eigenvalue weighted by atomic mass is 35.5. The molecule has 0 heterocycles. The lowest BCUT2D eigenvalue weighted by atomic mass is 10.0. The number of hydrogen-bond donors (Lipinski definition) is 1. The van der Waals surface area contributed by atoms with Gasteiger partial charge in [0.25, 0.3) is 0 Å². The lowest BCUT2D eigenvalue weighted by molar-refractivity contribution is -0.0429. The summed E-state index contributed by atoms with van der Waals surface area (Å²) in [6, 6.07) is 8.55. The SMILES string of the molecule is CCC/C(=N\OCc1ccc(Cl)c(Cl)c1)c1cc(Cl)ccc1NS(=O)(=O)C(F)(F)F. The van der Waals surface area contributed by atoms with Crippen LogP contribution in [-0.4, -0.2) is 19.6 Å². The van der Waals surface area contributed by atoms with Crippen LogP contribution in [0.25, 0.3) is 0 Å². The molecule has 0 spiro atoms. The van der Waals surface area contributed by atoms with E-state index in [4.69, 9.17) is 39.6 Å². The van der Waals surface area contributed by atoms with Gasteiger partial charge in [-0.3, -0.25) is 4.72 Å². The number of oxime groups is 1. The summed E-state index contributed by atoms with van der Waals surface area (Å²) in [6.45, 7) is 1.83. The highest BCUT2D eigenvalue weighted by Crippen LogP contribution is 2.30. The first-order valence-corrected chi connectivity index (χ1v) is 11.1. The van der Waals surface area contributed by atoms with Crippen molar-refractivity contribution in [3.8, 4) is 0 Å². The third kappa shape index (κ3) is 6.41. The van der Waals surface area contributed by atoms with Gasteiger partial charge in [-0.05, 0) is 42.3 Å². The van der Waals surface area contributed by atoms with Gasteiger partial charge in [-0.2, -0.15) is 21.6 Å². The molecule has 0 saturated heterocycles. The molecule has 0 bridgehead atoms. The summed E-state index contributed by atoms with van der Waals surface area (Å²) >= 11 is 17.8. The van der Waals surface area contributed by atoms with Crippen molar-refractivity contribution in [2.24, 2.45) is 5.16 Å². The average molecular weight is 504 g/mol. The number of sulfonamides is 1. The van der Waals surface area contributed by atoms with E-state index in [1.165, 1.54) is 16.9 Å². The van der Waals surface area contributed by atoms with Crippen LogP contribution in [0.3, 0.4) is 0 Å². The third-order valence-corrected chi connectivity index (χ3v) is 5.79. The Morgan fingerprint density at radius 3 is 2.40 bits per heavy atom. The van der Waals surface area contributed by atoms with Gasteiger partial charge < -0.3 is 4.84 Å². The molecule has 0 atom stereocenters. The van der Waals surface area contributed by atoms with Gasteiger partial charge in [0.15, 0.2) is 0 Å². The second-order valence-electron chi connectivity index (χ2n) is 6.05. The van der Waals surface area contributed by atoms with E-state index < -0.39 is 15.5 Å². The van der Waals surface area contributed by atoms with E-state index in [1.54, 1.807) is 18.2 Å². The Bertz CT molecular complexity index is 1040. The Balaban J connectivity index is 2.34. The fourth-order valence-electron chi connectivity index (χ4n) is 2.33. The monoisotopic (exact) mass is 502 g/mol. The Hall–Kier alpha value is -1.68. The van der Waals surface area contributed by atoms with Crippen molar-refractivity contribution in [2.45, 2.75) is 31.9 Å². The number of nitrogens with zero attached hydrogens (tertiary/aromatic N) is 1. The maximum Gasteiger partial charge on any atom is 0.516 e. The van der Waals surface area contributed by atoms with Gasteiger partial charge in [-0.25, -0.2) is 0 Å². The maximum absolute atomic E-state index is 12.8. The van der Waals surface area contributed by atoms with Crippen molar-refractivity contribution in [1.29, 1.82) is 0 Å². The van der Waals surface area contributed by atoms with Crippen LogP contribution < -0.4 is 4.72 Å². The molecule has 12 heteroatoms. The Morgan fingerprint density at radius 2 is 1.80 bits per heavy atom. The molecule has 0 radical (unpaired) electrons. The summed E-state index contributed by atoms with van der Waals surface area (Å²) in [5.74, 6) is 0. The molecule has 0 aliphatic heterocycles. The van der Waals surface area contributed by atoms with Crippen LogP contribution in [0.2, 0.25) is 15.1 Å². The van der Waals surface area contributed by atoms with Crippen LogP contribution in [-0.2, 0) is 21.5 Å². The molecule has 5 nitrogen and oxygen atoms in total. The molecule has 0 aromatic heterocycles. The minimum absolute atomic E-state index is 0.00821. The zero-order chi connectivity index (χ0) is 22.5. The molecule has 2 aromatic rings. The second-order valence-corrected chi connectivity index (χ2v) is 8.98. The number of alkyl halides is 3. The molecular formula is C18H16Cl3F3N2O3S. The lowest BCUT2D eigenvalue weighted by Crippen LogP contribution is -2.30. The third-order valence-electron chi connectivity index (χ3n) is 3.72. The molecule has 2 aromatic carbocycles. The van der Waals surface area contributed by atoms with Crippen molar-refractivity contribution in [3.05, 3.63) is 62.6 Å². The second kappa shape index (κ2) is 10.1. The van der Waals surface area contributed by atoms with Gasteiger partial charge in [0, 0.05) is 10.6 Å². The number of halogens is 6. The summed E-state index contributed by atoms with van der Waals surface area (Å²) in [6.07, 6.45) is 0.857. The molecule has 1 N–H and O–H groups in total. The number of hydrogen-bond acceptors (Lipinski definition) is 4. The van der Waals surface area contributed by atoms with E-state index in [9.17, 15) is 21.6 Å². The van der Waals surface area contributed by atoms with Crippen LogP contribution in [0.5, 0.6) is 0 Å². The minimum Gasteiger partial charge on any atom is -0.391 e. The summed E-state index contributed by atoms with van der Waals surface area (Å²) in [5, 5.41) is 4.88. The van der Waals surface area contributed by atoms with Crippen LogP contribution in [0.4, 0.5) is 18.9 Å². The zero-order valence-corrected chi connectivity index (χ0v) is 18.5. The molecule has 30 heavy (non-hydrogen) atoms. The van der Waals surface area contributed by atoms with Crippen molar-refractivity contribution in [1.82, 2.24) is 0 Å². The van der Waals surface area contributed by atoms with E-state index in [1.807, 2.05) is 6.92 Å². The minimum atomic E-state index is -5.62. The predicted octanol–water partition coefficient (Wildman–Crippen LogP) is 6.63. The van der Waals surface area contributed by atoms with Crippen molar-refractivity contribution in [2.75, 3.05) is 4.72 Å². The molecule has 2 rings (SSSR count). The first kappa shape index (κ1) is 24.6. The van der Waals surface area contributed by atoms with E-state index in [0.717, 1.165) is 6.07 Å². The van der Waals surface area contributed by atoms with Gasteiger partial charge >= 0.3 is 15.5 Å². The fraction of sp³-hybridized carbons (Fsp3) is 0.278. The van der Waals surface area contributed by atoms with Crippen LogP contribution in [0, 0.1) is 0 Å². The highest BCUT2D eigenvalue weighted by Gasteiger charge is 2.46. The van der Waals surface area contributed by atoms with E-state index in [-0.39, 0.29) is 28.6 Å². The normalized spacial score (nSPS) is 12.7. The topological polar surface area (TPSA) is 67.8 Å². The summed E-state index contributed by atoms with van der Waals surface area (Å²) in [4.78, 5) is 5.32. The number of anilines is 1. The molecule has 0 unspecified atom stereocenters. The molecular weight excluding hydrogens is 488 g/mol. The Morgan fingerprint density at radius 1 is 1.10 bits per heavy atom. The van der Waals surface area contributed by atoms with Gasteiger partial charge in [0.1, 0.15) is 6.61 Å². The molecule has 164 valence electrons. The fourth-order valence-corrected chi connectivity index (χ4v) is 3.40. The van der Waals surface area contributed by atoms with Gasteiger partial charge in [0.2, 0.25) is 0 Å². The predicted molar refractivity (Wildman–Crippen MR) is 113 cm³/mol. The smallest absolute Gasteiger partial charge is 0.391 e. The van der Waals surface area contributed by atoms with Crippen molar-refractivity contribution in [3.63, 3.8) is 0 Å². The molecule has 0 fully saturated rings. The van der Waals surface area contributed by atoms with Crippen LogP contribution in [0.15, 0.2) is 41.6 Å². The van der Waals surface area contributed by atoms with Gasteiger partial charge in [-0.1, -0.05) is 59.4 Å². The maximum atomic E-state index is 12.8. The lowest BCUT2D eigenvalue weighted by Gasteiger charge is -2.15. The number of benzene rings is 2. The molecule has 0 aliphatic carbocycles. The Labute approximate surface area is 186 Å². The molecule has 0 aliphatic rings.